The van der Waals surface area contributed by atoms with Crippen molar-refractivity contribution in [3.05, 3.63) is 41.5 Å². The maximum Gasteiger partial charge on any atom is 0.334 e. The molecule has 0 fully saturated rings. The summed E-state index contributed by atoms with van der Waals surface area (Å²) in [5, 5.41) is 8.73. The number of rotatable bonds is 5. The van der Waals surface area contributed by atoms with Crippen molar-refractivity contribution in [2.45, 2.75) is 13.3 Å². The minimum atomic E-state index is -1.06. The number of carboxylic acid groups (broad SMARTS) is 1. The van der Waals surface area contributed by atoms with E-state index in [1.807, 2.05) is 18.2 Å². The summed E-state index contributed by atoms with van der Waals surface area (Å²) in [4.78, 5) is 22.2. The highest BCUT2D eigenvalue weighted by Crippen LogP contribution is 2.11. The lowest BCUT2D eigenvalue weighted by atomic mass is 10.1. The van der Waals surface area contributed by atoms with Gasteiger partial charge in [-0.25, -0.2) is 4.79 Å². The lowest BCUT2D eigenvalue weighted by molar-refractivity contribution is -0.142. The van der Waals surface area contributed by atoms with Crippen molar-refractivity contribution in [3.63, 3.8) is 0 Å². The largest absolute Gasteiger partial charge is 0.481 e. The van der Waals surface area contributed by atoms with Crippen LogP contribution in [0, 0.1) is 0 Å². The molecule has 0 aliphatic heterocycles. The standard InChI is InChI=1S/C13H14O4/c1-2-17-13(16)11(9-12(14)15)8-10-6-4-3-5-7-10/h3-8H,2,9H2,1H3,(H,14,15)/b11-8+. The molecule has 0 bridgehead atoms. The summed E-state index contributed by atoms with van der Waals surface area (Å²) in [7, 11) is 0. The average Bonchev–Trinajstić information content (AvgIpc) is 2.29. The molecule has 0 heterocycles. The topological polar surface area (TPSA) is 63.6 Å². The number of benzene rings is 1. The first-order valence-corrected chi connectivity index (χ1v) is 5.28. The Morgan fingerprint density at radius 1 is 1.29 bits per heavy atom. The monoisotopic (exact) mass is 234 g/mol. The number of carboxylic acids is 1. The van der Waals surface area contributed by atoms with E-state index in [4.69, 9.17) is 9.84 Å². The number of hydrogen-bond acceptors (Lipinski definition) is 3. The zero-order valence-electron chi connectivity index (χ0n) is 9.55. The SMILES string of the molecule is CCOC(=O)/C(=C/c1ccccc1)CC(=O)O. The van der Waals surface area contributed by atoms with Crippen LogP contribution < -0.4 is 0 Å². The number of esters is 1. The fourth-order valence-corrected chi connectivity index (χ4v) is 1.32. The lowest BCUT2D eigenvalue weighted by Crippen LogP contribution is -2.11. The molecule has 1 aromatic carbocycles. The molecule has 0 saturated carbocycles. The third-order valence-corrected chi connectivity index (χ3v) is 2.02. The lowest BCUT2D eigenvalue weighted by Gasteiger charge is -2.04. The molecule has 0 spiro atoms. The molecule has 1 N–H and O–H groups in total. The summed E-state index contributed by atoms with van der Waals surface area (Å²) < 4.78 is 4.81. The van der Waals surface area contributed by atoms with E-state index in [2.05, 4.69) is 0 Å². The number of carbonyl (C=O) groups is 2. The Morgan fingerprint density at radius 3 is 2.47 bits per heavy atom. The normalized spacial score (nSPS) is 11.0. The Bertz CT molecular complexity index is 420. The minimum Gasteiger partial charge on any atom is -0.481 e. The third-order valence-electron chi connectivity index (χ3n) is 2.02. The van der Waals surface area contributed by atoms with Crippen LogP contribution in [0.3, 0.4) is 0 Å². The van der Waals surface area contributed by atoms with Crippen molar-refractivity contribution >= 4 is 18.0 Å². The van der Waals surface area contributed by atoms with Gasteiger partial charge in [0.05, 0.1) is 13.0 Å². The van der Waals surface area contributed by atoms with Crippen molar-refractivity contribution in [2.75, 3.05) is 6.61 Å². The molecule has 0 saturated heterocycles. The fraction of sp³-hybridized carbons (Fsp3) is 0.231. The van der Waals surface area contributed by atoms with Gasteiger partial charge in [0, 0.05) is 5.57 Å². The van der Waals surface area contributed by atoms with Gasteiger partial charge in [0.2, 0.25) is 0 Å². The molecule has 0 aromatic heterocycles. The van der Waals surface area contributed by atoms with Crippen LogP contribution in [0.15, 0.2) is 35.9 Å². The van der Waals surface area contributed by atoms with Gasteiger partial charge in [-0.05, 0) is 18.6 Å². The van der Waals surface area contributed by atoms with Gasteiger partial charge in [-0.15, -0.1) is 0 Å². The van der Waals surface area contributed by atoms with Gasteiger partial charge in [0.15, 0.2) is 0 Å². The zero-order valence-corrected chi connectivity index (χ0v) is 9.55. The van der Waals surface area contributed by atoms with Gasteiger partial charge in [-0.1, -0.05) is 30.3 Å². The van der Waals surface area contributed by atoms with Crippen molar-refractivity contribution in [1.82, 2.24) is 0 Å². The molecule has 1 aromatic rings. The number of ether oxygens (including phenoxy) is 1. The molecule has 1 rings (SSSR count). The van der Waals surface area contributed by atoms with Crippen molar-refractivity contribution < 1.29 is 19.4 Å². The summed E-state index contributed by atoms with van der Waals surface area (Å²) in [6.45, 7) is 1.91. The smallest absolute Gasteiger partial charge is 0.334 e. The van der Waals surface area contributed by atoms with E-state index < -0.39 is 11.9 Å². The van der Waals surface area contributed by atoms with Crippen LogP contribution in [0.4, 0.5) is 0 Å². The summed E-state index contributed by atoms with van der Waals surface area (Å²) in [5.41, 5.74) is 0.919. The van der Waals surface area contributed by atoms with Crippen LogP contribution in [0.1, 0.15) is 18.9 Å². The van der Waals surface area contributed by atoms with Crippen LogP contribution in [0.2, 0.25) is 0 Å². The van der Waals surface area contributed by atoms with E-state index in [0.717, 1.165) is 5.56 Å². The fourth-order valence-electron chi connectivity index (χ4n) is 1.32. The molecule has 0 aliphatic rings. The highest BCUT2D eigenvalue weighted by Gasteiger charge is 2.14. The second-order valence-electron chi connectivity index (χ2n) is 3.37. The van der Waals surface area contributed by atoms with Crippen molar-refractivity contribution in [1.29, 1.82) is 0 Å². The second-order valence-corrected chi connectivity index (χ2v) is 3.37. The molecule has 0 radical (unpaired) electrons. The Balaban J connectivity index is 2.93. The summed E-state index contributed by atoms with van der Waals surface area (Å²) >= 11 is 0. The van der Waals surface area contributed by atoms with E-state index in [1.165, 1.54) is 6.08 Å². The molecule has 0 aliphatic carbocycles. The molecular weight excluding hydrogens is 220 g/mol. The van der Waals surface area contributed by atoms with Gasteiger partial charge in [-0.2, -0.15) is 0 Å². The molecule has 0 unspecified atom stereocenters. The van der Waals surface area contributed by atoms with E-state index >= 15 is 0 Å². The van der Waals surface area contributed by atoms with Crippen LogP contribution >= 0.6 is 0 Å². The van der Waals surface area contributed by atoms with Gasteiger partial charge in [0.1, 0.15) is 0 Å². The quantitative estimate of drug-likeness (QED) is 0.626. The summed E-state index contributed by atoms with van der Waals surface area (Å²) in [6, 6.07) is 9.06. The van der Waals surface area contributed by atoms with E-state index in [9.17, 15) is 9.59 Å². The Hall–Kier alpha value is -2.10. The summed E-state index contributed by atoms with van der Waals surface area (Å²) in [6.07, 6.45) is 1.19. The first-order chi connectivity index (χ1) is 8.13. The Morgan fingerprint density at radius 2 is 1.94 bits per heavy atom. The highest BCUT2D eigenvalue weighted by atomic mass is 16.5. The molecule has 0 atom stereocenters. The highest BCUT2D eigenvalue weighted by molar-refractivity contribution is 5.97. The number of aliphatic carboxylic acids is 1. The van der Waals surface area contributed by atoms with Crippen LogP contribution in [-0.4, -0.2) is 23.7 Å². The first-order valence-electron chi connectivity index (χ1n) is 5.28. The van der Waals surface area contributed by atoms with Crippen LogP contribution in [0.5, 0.6) is 0 Å². The van der Waals surface area contributed by atoms with Crippen molar-refractivity contribution in [3.8, 4) is 0 Å². The Kier molecular flexibility index (Phi) is 4.94. The number of hydrogen-bond donors (Lipinski definition) is 1. The van der Waals surface area contributed by atoms with Crippen LogP contribution in [-0.2, 0) is 14.3 Å². The molecule has 4 heteroatoms. The van der Waals surface area contributed by atoms with Crippen LogP contribution in [0.25, 0.3) is 6.08 Å². The third kappa shape index (κ3) is 4.51. The van der Waals surface area contributed by atoms with E-state index in [0.29, 0.717) is 0 Å². The van der Waals surface area contributed by atoms with Gasteiger partial charge in [-0.3, -0.25) is 4.79 Å². The summed E-state index contributed by atoms with van der Waals surface area (Å²) in [5.74, 6) is -1.64. The van der Waals surface area contributed by atoms with Crippen molar-refractivity contribution in [2.24, 2.45) is 0 Å². The first kappa shape index (κ1) is 13.0. The minimum absolute atomic E-state index is 0.144. The molecule has 90 valence electrons. The van der Waals surface area contributed by atoms with E-state index in [-0.39, 0.29) is 18.6 Å². The van der Waals surface area contributed by atoms with Gasteiger partial charge >= 0.3 is 11.9 Å². The molecule has 17 heavy (non-hydrogen) atoms. The number of carbonyl (C=O) groups excluding carboxylic acids is 1. The zero-order chi connectivity index (χ0) is 12.7. The second kappa shape index (κ2) is 6.48. The Labute approximate surface area is 99.5 Å². The maximum atomic E-state index is 11.5. The maximum absolute atomic E-state index is 11.5. The predicted molar refractivity (Wildman–Crippen MR) is 63.3 cm³/mol. The predicted octanol–water partition coefficient (Wildman–Crippen LogP) is 2.11. The molecule has 4 nitrogen and oxygen atoms in total. The average molecular weight is 234 g/mol. The molecular formula is C13H14O4. The molecule has 0 amide bonds. The van der Waals surface area contributed by atoms with Gasteiger partial charge in [0.25, 0.3) is 0 Å². The van der Waals surface area contributed by atoms with E-state index in [1.54, 1.807) is 19.1 Å². The van der Waals surface area contributed by atoms with Gasteiger partial charge < -0.3 is 9.84 Å².